The van der Waals surface area contributed by atoms with E-state index >= 15 is 0 Å². The van der Waals surface area contributed by atoms with Crippen LogP contribution in [0, 0.1) is 0 Å². The Kier molecular flexibility index (Phi) is 4.97. The number of carbonyl (C=O) groups excluding carboxylic acids is 3. The first kappa shape index (κ1) is 18.0. The highest BCUT2D eigenvalue weighted by molar-refractivity contribution is 5.98. The minimum absolute atomic E-state index is 0.0875. The lowest BCUT2D eigenvalue weighted by Gasteiger charge is -2.20. The van der Waals surface area contributed by atoms with Crippen LogP contribution in [-0.2, 0) is 14.3 Å². The molecule has 0 saturated carbocycles. The molecule has 1 unspecified atom stereocenters. The first-order valence-electron chi connectivity index (χ1n) is 9.17. The minimum Gasteiger partial charge on any atom is -0.484 e. The molecule has 144 valence electrons. The maximum Gasteiger partial charge on any atom is 0.417 e. The summed E-state index contributed by atoms with van der Waals surface area (Å²) in [6.45, 7) is 0.494. The Morgan fingerprint density at radius 3 is 2.43 bits per heavy atom. The number of imide groups is 1. The molecule has 2 aromatic rings. The van der Waals surface area contributed by atoms with Crippen LogP contribution >= 0.6 is 0 Å². The van der Waals surface area contributed by atoms with Crippen LogP contribution in [0.2, 0.25) is 0 Å². The predicted octanol–water partition coefficient (Wildman–Crippen LogP) is 2.31. The monoisotopic (exact) mass is 380 g/mol. The number of hydrogen-bond acceptors (Lipinski definition) is 5. The Bertz CT molecular complexity index is 865. The highest BCUT2D eigenvalue weighted by atomic mass is 16.6. The normalized spacial score (nSPS) is 19.1. The maximum absolute atomic E-state index is 12.4. The van der Waals surface area contributed by atoms with Crippen molar-refractivity contribution >= 4 is 17.9 Å². The molecule has 2 aliphatic rings. The topological polar surface area (TPSA) is 76.2 Å². The fourth-order valence-corrected chi connectivity index (χ4v) is 3.51. The van der Waals surface area contributed by atoms with E-state index in [1.54, 1.807) is 4.90 Å². The number of hydrogen-bond donors (Lipinski definition) is 0. The molecular weight excluding hydrogens is 360 g/mol. The highest BCUT2D eigenvalue weighted by Gasteiger charge is 2.41. The van der Waals surface area contributed by atoms with Gasteiger partial charge in [0.05, 0.1) is 6.04 Å². The fourth-order valence-electron chi connectivity index (χ4n) is 3.51. The van der Waals surface area contributed by atoms with E-state index in [-0.39, 0.29) is 31.1 Å². The SMILES string of the molecule is O=C(COc1ccc(-c2ccccc2)cc1)N1CCC(N2C(=O)COC2=O)C1. The molecule has 4 rings (SSSR count). The molecule has 7 heteroatoms. The summed E-state index contributed by atoms with van der Waals surface area (Å²) < 4.78 is 10.4. The van der Waals surface area contributed by atoms with Crippen molar-refractivity contribution in [3.63, 3.8) is 0 Å². The third-order valence-corrected chi connectivity index (χ3v) is 4.99. The van der Waals surface area contributed by atoms with Gasteiger partial charge in [0, 0.05) is 13.1 Å². The number of ether oxygens (including phenoxy) is 2. The Balaban J connectivity index is 1.30. The maximum atomic E-state index is 12.4. The molecule has 2 aliphatic heterocycles. The second kappa shape index (κ2) is 7.72. The number of cyclic esters (lactones) is 1. The summed E-state index contributed by atoms with van der Waals surface area (Å²) in [6, 6.07) is 17.2. The Labute approximate surface area is 162 Å². The zero-order valence-electron chi connectivity index (χ0n) is 15.2. The molecule has 2 aromatic carbocycles. The fraction of sp³-hybridized carbons (Fsp3) is 0.286. The van der Waals surface area contributed by atoms with Gasteiger partial charge in [-0.25, -0.2) is 9.69 Å². The molecule has 1 atom stereocenters. The van der Waals surface area contributed by atoms with Gasteiger partial charge in [0.2, 0.25) is 0 Å². The van der Waals surface area contributed by atoms with Crippen molar-refractivity contribution in [2.75, 3.05) is 26.3 Å². The van der Waals surface area contributed by atoms with Crippen molar-refractivity contribution in [1.29, 1.82) is 0 Å². The second-order valence-corrected chi connectivity index (χ2v) is 6.78. The quantitative estimate of drug-likeness (QED) is 0.796. The van der Waals surface area contributed by atoms with Crippen LogP contribution in [0.1, 0.15) is 6.42 Å². The predicted molar refractivity (Wildman–Crippen MR) is 101 cm³/mol. The van der Waals surface area contributed by atoms with Gasteiger partial charge in [0.15, 0.2) is 13.2 Å². The Morgan fingerprint density at radius 2 is 1.75 bits per heavy atom. The number of carbonyl (C=O) groups is 3. The van der Waals surface area contributed by atoms with Gasteiger partial charge in [-0.3, -0.25) is 9.59 Å². The van der Waals surface area contributed by atoms with Gasteiger partial charge in [-0.1, -0.05) is 42.5 Å². The third kappa shape index (κ3) is 3.69. The van der Waals surface area contributed by atoms with E-state index in [0.29, 0.717) is 25.3 Å². The van der Waals surface area contributed by atoms with E-state index < -0.39 is 6.09 Å². The average molecular weight is 380 g/mol. The summed E-state index contributed by atoms with van der Waals surface area (Å²) in [5.41, 5.74) is 2.19. The number of benzene rings is 2. The van der Waals surface area contributed by atoms with Crippen molar-refractivity contribution in [1.82, 2.24) is 9.80 Å². The van der Waals surface area contributed by atoms with Crippen molar-refractivity contribution in [2.45, 2.75) is 12.5 Å². The van der Waals surface area contributed by atoms with Crippen molar-refractivity contribution in [3.05, 3.63) is 54.6 Å². The van der Waals surface area contributed by atoms with Crippen molar-refractivity contribution in [2.24, 2.45) is 0 Å². The molecule has 0 N–H and O–H groups in total. The van der Waals surface area contributed by atoms with E-state index in [0.717, 1.165) is 16.0 Å². The van der Waals surface area contributed by atoms with E-state index in [1.165, 1.54) is 0 Å². The largest absolute Gasteiger partial charge is 0.484 e. The van der Waals surface area contributed by atoms with Crippen LogP contribution in [0.25, 0.3) is 11.1 Å². The van der Waals surface area contributed by atoms with Gasteiger partial charge in [-0.15, -0.1) is 0 Å². The molecule has 28 heavy (non-hydrogen) atoms. The van der Waals surface area contributed by atoms with Gasteiger partial charge >= 0.3 is 6.09 Å². The smallest absolute Gasteiger partial charge is 0.417 e. The van der Waals surface area contributed by atoms with Gasteiger partial charge < -0.3 is 14.4 Å². The second-order valence-electron chi connectivity index (χ2n) is 6.78. The van der Waals surface area contributed by atoms with Crippen LogP contribution in [0.4, 0.5) is 4.79 Å². The van der Waals surface area contributed by atoms with Crippen molar-refractivity contribution < 1.29 is 23.9 Å². The summed E-state index contributed by atoms with van der Waals surface area (Å²) in [5, 5.41) is 0. The van der Waals surface area contributed by atoms with Gasteiger partial charge in [0.25, 0.3) is 11.8 Å². The van der Waals surface area contributed by atoms with E-state index in [2.05, 4.69) is 0 Å². The van der Waals surface area contributed by atoms with Crippen LogP contribution < -0.4 is 4.74 Å². The number of amides is 3. The molecule has 2 fully saturated rings. The molecule has 3 amide bonds. The summed E-state index contributed by atoms with van der Waals surface area (Å²) >= 11 is 0. The number of likely N-dealkylation sites (tertiary alicyclic amines) is 1. The van der Waals surface area contributed by atoms with Crippen LogP contribution in [-0.4, -0.2) is 60.1 Å². The first-order chi connectivity index (χ1) is 13.6. The number of nitrogens with zero attached hydrogens (tertiary/aromatic N) is 2. The van der Waals surface area contributed by atoms with Crippen LogP contribution in [0.15, 0.2) is 54.6 Å². The van der Waals surface area contributed by atoms with E-state index in [1.807, 2.05) is 54.6 Å². The Hall–Kier alpha value is -3.35. The minimum atomic E-state index is -0.626. The number of rotatable bonds is 5. The van der Waals surface area contributed by atoms with Gasteiger partial charge in [0.1, 0.15) is 5.75 Å². The lowest BCUT2D eigenvalue weighted by Crippen LogP contribution is -2.42. The third-order valence-electron chi connectivity index (χ3n) is 4.99. The van der Waals surface area contributed by atoms with E-state index in [4.69, 9.17) is 9.47 Å². The average Bonchev–Trinajstić information content (AvgIpc) is 3.33. The summed E-state index contributed by atoms with van der Waals surface area (Å²) in [5.74, 6) is 0.0933. The summed E-state index contributed by atoms with van der Waals surface area (Å²) in [7, 11) is 0. The molecular formula is C21H20N2O5. The zero-order valence-corrected chi connectivity index (χ0v) is 15.2. The molecule has 2 saturated heterocycles. The molecule has 0 aromatic heterocycles. The highest BCUT2D eigenvalue weighted by Crippen LogP contribution is 2.23. The standard InChI is InChI=1S/C21H20N2O5/c24-19(22-11-10-17(12-22)23-20(25)14-28-21(23)26)13-27-18-8-6-16(7-9-18)15-4-2-1-3-5-15/h1-9,17H,10-14H2. The zero-order chi connectivity index (χ0) is 19.5. The summed E-state index contributed by atoms with van der Waals surface area (Å²) in [6.07, 6.45) is -0.0720. The van der Waals surface area contributed by atoms with E-state index in [9.17, 15) is 14.4 Å². The molecule has 0 bridgehead atoms. The lowest BCUT2D eigenvalue weighted by molar-refractivity contribution is -0.133. The molecule has 7 nitrogen and oxygen atoms in total. The lowest BCUT2D eigenvalue weighted by atomic mass is 10.1. The molecule has 0 spiro atoms. The Morgan fingerprint density at radius 1 is 1.04 bits per heavy atom. The molecule has 2 heterocycles. The van der Waals surface area contributed by atoms with Crippen LogP contribution in [0.3, 0.4) is 0 Å². The van der Waals surface area contributed by atoms with Crippen molar-refractivity contribution in [3.8, 4) is 16.9 Å². The first-order valence-corrected chi connectivity index (χ1v) is 9.17. The molecule has 0 aliphatic carbocycles. The van der Waals surface area contributed by atoms with Gasteiger partial charge in [-0.2, -0.15) is 0 Å². The summed E-state index contributed by atoms with van der Waals surface area (Å²) in [4.78, 5) is 38.5. The van der Waals surface area contributed by atoms with Gasteiger partial charge in [-0.05, 0) is 29.7 Å². The van der Waals surface area contributed by atoms with Crippen LogP contribution in [0.5, 0.6) is 5.75 Å². The molecule has 0 radical (unpaired) electrons.